The van der Waals surface area contributed by atoms with Gasteiger partial charge in [0.2, 0.25) is 0 Å². The number of hydrogen-bond acceptors (Lipinski definition) is 5. The molecular weight excluding hydrogens is 761 g/mol. The van der Waals surface area contributed by atoms with Crippen LogP contribution in [0.25, 0.3) is 38.8 Å². The Hall–Kier alpha value is -0.252. The quantitative estimate of drug-likeness (QED) is 0.0408. The van der Waals surface area contributed by atoms with Crippen LogP contribution in [0.2, 0.25) is 0 Å². The van der Waals surface area contributed by atoms with Crippen LogP contribution in [-0.2, 0) is 22.3 Å². The molecule has 3 nitrogen and oxygen atoms in total. The number of benzene rings is 2. The molecule has 0 radical (unpaired) electrons. The van der Waals surface area contributed by atoms with Crippen molar-refractivity contribution in [3.05, 3.63) is 26.8 Å². The standard InChI is InChI=1S/C32H38N2OS3Se3/c1-4-6-8-10-11-12-13-15-26-33-29-25(39-26)18-22-21-17-24-28(23(19-36)31(21)41-32(22)30(29)37-3)34-27(40-24)20-38(35)16-14-9-7-5-2/h17-18,36H,4-12,14,16,19-20H2,1-3H3. The van der Waals surface area contributed by atoms with Crippen LogP contribution in [0, 0.1) is 11.8 Å². The summed E-state index contributed by atoms with van der Waals surface area (Å²) in [5.41, 5.74) is 3.62. The molecule has 1 unspecified atom stereocenters. The second kappa shape index (κ2) is 15.7. The molecule has 41 heavy (non-hydrogen) atoms. The average Bonchev–Trinajstić information content (AvgIpc) is 3.66. The van der Waals surface area contributed by atoms with Gasteiger partial charge in [0.05, 0.1) is 0 Å². The third kappa shape index (κ3) is 7.53. The number of hydrogen-bond donors (Lipinski definition) is 1. The van der Waals surface area contributed by atoms with Crippen molar-refractivity contribution >= 4 is 118 Å². The van der Waals surface area contributed by atoms with Gasteiger partial charge in [0.25, 0.3) is 0 Å². The molecule has 9 heteroatoms. The first-order valence-corrected chi connectivity index (χ1v) is 23.2. The van der Waals surface area contributed by atoms with Crippen molar-refractivity contribution in [2.45, 2.75) is 94.5 Å². The molecule has 1 atom stereocenters. The van der Waals surface area contributed by atoms with Crippen molar-refractivity contribution in [1.29, 1.82) is 0 Å². The van der Waals surface area contributed by atoms with Crippen LogP contribution in [0.5, 0.6) is 0 Å². The summed E-state index contributed by atoms with van der Waals surface area (Å²) in [5.74, 6) is 8.98. The van der Waals surface area contributed by atoms with Gasteiger partial charge in [0.1, 0.15) is 0 Å². The summed E-state index contributed by atoms with van der Waals surface area (Å²) in [4.78, 5) is 11.5. The fraction of sp³-hybridized carbons (Fsp3) is 0.500. The van der Waals surface area contributed by atoms with Crippen molar-refractivity contribution in [2.24, 2.45) is 0 Å². The summed E-state index contributed by atoms with van der Waals surface area (Å²) in [5, 5.41) is 2.79. The molecule has 0 saturated heterocycles. The Kier molecular flexibility index (Phi) is 12.3. The fourth-order valence-corrected chi connectivity index (χ4v) is 15.8. The molecule has 3 aromatic heterocycles. The Labute approximate surface area is 274 Å². The number of aromatic nitrogens is 2. The maximum atomic E-state index is 12.8. The zero-order valence-electron chi connectivity index (χ0n) is 24.1. The molecule has 2 aromatic carbocycles. The SMILES string of the molecule is CCCCCCCC#Cc1nc2c(SC)c3[se]c4c(CS)c5nc(CS(=O)CCCCCC)[se]c5cc4c3cc2[se]1. The van der Waals surface area contributed by atoms with Crippen molar-refractivity contribution in [2.75, 3.05) is 12.0 Å². The summed E-state index contributed by atoms with van der Waals surface area (Å²) < 4.78 is 20.7. The molecule has 0 aliphatic rings. The van der Waals surface area contributed by atoms with E-state index in [9.17, 15) is 4.21 Å². The molecule has 218 valence electrons. The van der Waals surface area contributed by atoms with Crippen LogP contribution in [0.1, 0.15) is 92.8 Å². The number of fused-ring (bicyclic) bond motifs is 5. The number of nitrogens with zero attached hydrogens (tertiary/aromatic N) is 2. The van der Waals surface area contributed by atoms with Crippen LogP contribution >= 0.6 is 24.4 Å². The van der Waals surface area contributed by atoms with E-state index < -0.39 is 10.8 Å². The number of thioether (sulfide) groups is 1. The van der Waals surface area contributed by atoms with E-state index in [1.807, 2.05) is 11.8 Å². The molecule has 0 saturated carbocycles. The van der Waals surface area contributed by atoms with E-state index in [0.717, 1.165) is 33.2 Å². The van der Waals surface area contributed by atoms with Gasteiger partial charge in [-0.3, -0.25) is 0 Å². The molecule has 0 N–H and O–H groups in total. The topological polar surface area (TPSA) is 42.9 Å². The average molecular weight is 800 g/mol. The Bertz CT molecular complexity index is 1740. The van der Waals surface area contributed by atoms with Gasteiger partial charge in [-0.05, 0) is 0 Å². The van der Waals surface area contributed by atoms with Gasteiger partial charge in [-0.15, -0.1) is 0 Å². The summed E-state index contributed by atoms with van der Waals surface area (Å²) in [6.45, 7) is 4.48. The maximum absolute atomic E-state index is 12.8. The monoisotopic (exact) mass is 802 g/mol. The minimum atomic E-state index is -0.813. The van der Waals surface area contributed by atoms with Crippen molar-refractivity contribution in [1.82, 2.24) is 9.97 Å². The van der Waals surface area contributed by atoms with E-state index in [1.165, 1.54) is 95.2 Å². The molecule has 0 bridgehead atoms. The molecule has 0 aliphatic carbocycles. The second-order valence-electron chi connectivity index (χ2n) is 10.4. The molecular formula is C32H38N2OS3Se3. The fourth-order valence-electron chi connectivity index (χ4n) is 5.20. The molecule has 5 aromatic rings. The Morgan fingerprint density at radius 3 is 2.32 bits per heavy atom. The third-order valence-corrected chi connectivity index (χ3v) is 17.3. The predicted octanol–water partition coefficient (Wildman–Crippen LogP) is 7.95. The summed E-state index contributed by atoms with van der Waals surface area (Å²) >= 11 is 7.15. The zero-order chi connectivity index (χ0) is 28.8. The van der Waals surface area contributed by atoms with Gasteiger partial charge < -0.3 is 0 Å². The predicted molar refractivity (Wildman–Crippen MR) is 188 cm³/mol. The molecule has 3 heterocycles. The van der Waals surface area contributed by atoms with E-state index in [2.05, 4.69) is 44.1 Å². The van der Waals surface area contributed by atoms with Gasteiger partial charge in [-0.25, -0.2) is 0 Å². The summed E-state index contributed by atoms with van der Waals surface area (Å²) in [7, 11) is -0.813. The van der Waals surface area contributed by atoms with Gasteiger partial charge in [-0.1, -0.05) is 0 Å². The van der Waals surface area contributed by atoms with E-state index in [-0.39, 0.29) is 43.5 Å². The van der Waals surface area contributed by atoms with Gasteiger partial charge in [0.15, 0.2) is 0 Å². The molecule has 0 amide bonds. The van der Waals surface area contributed by atoms with Crippen molar-refractivity contribution in [3.8, 4) is 11.8 Å². The Morgan fingerprint density at radius 2 is 1.59 bits per heavy atom. The second-order valence-corrected chi connectivity index (χ2v) is 19.8. The zero-order valence-corrected chi connectivity index (χ0v) is 31.8. The van der Waals surface area contributed by atoms with Crippen LogP contribution < -0.4 is 0 Å². The van der Waals surface area contributed by atoms with Crippen LogP contribution in [0.3, 0.4) is 0 Å². The van der Waals surface area contributed by atoms with Crippen LogP contribution in [0.15, 0.2) is 17.0 Å². The summed E-state index contributed by atoms with van der Waals surface area (Å²) in [6.07, 6.45) is 14.3. The van der Waals surface area contributed by atoms with Crippen LogP contribution in [-0.4, -0.2) is 69.7 Å². The van der Waals surface area contributed by atoms with Crippen molar-refractivity contribution < 1.29 is 4.21 Å². The number of rotatable bonds is 14. The first kappa shape index (κ1) is 32.2. The number of unbranched alkanes of at least 4 members (excludes halogenated alkanes) is 8. The third-order valence-electron chi connectivity index (χ3n) is 7.34. The molecule has 0 spiro atoms. The van der Waals surface area contributed by atoms with Gasteiger partial charge >= 0.3 is 277 Å². The molecule has 0 fully saturated rings. The van der Waals surface area contributed by atoms with E-state index in [1.54, 1.807) is 0 Å². The van der Waals surface area contributed by atoms with Gasteiger partial charge in [0, 0.05) is 0 Å². The minimum absolute atomic E-state index is 0.141. The molecule has 5 rings (SSSR count). The first-order valence-electron chi connectivity index (χ1n) is 14.7. The summed E-state index contributed by atoms with van der Waals surface area (Å²) in [6, 6.07) is 4.86. The first-order chi connectivity index (χ1) is 20.1. The molecule has 0 aliphatic heterocycles. The Morgan fingerprint density at radius 1 is 0.878 bits per heavy atom. The van der Waals surface area contributed by atoms with E-state index in [0.29, 0.717) is 11.5 Å². The van der Waals surface area contributed by atoms with Crippen molar-refractivity contribution in [3.63, 3.8) is 0 Å². The van der Waals surface area contributed by atoms with Gasteiger partial charge in [-0.2, -0.15) is 0 Å². The van der Waals surface area contributed by atoms with E-state index in [4.69, 9.17) is 22.6 Å². The van der Waals surface area contributed by atoms with Crippen LogP contribution in [0.4, 0.5) is 0 Å². The van der Waals surface area contributed by atoms with E-state index >= 15 is 0 Å². The normalized spacial score (nSPS) is 12.6. The Balaban J connectivity index is 1.47. The number of thiol groups is 1.